The molecule has 0 spiro atoms. The minimum absolute atomic E-state index is 0.00532. The number of benzene rings is 2. The molecular formula is C39H60O. The van der Waals surface area contributed by atoms with Crippen LogP contribution < -0.4 is 0 Å². The molecule has 2 aliphatic carbocycles. The average molecular weight is 545 g/mol. The van der Waals surface area contributed by atoms with E-state index in [0.29, 0.717) is 5.92 Å². The topological polar surface area (TPSA) is 9.23 Å². The summed E-state index contributed by atoms with van der Waals surface area (Å²) in [6.45, 7) is 26.7. The maximum absolute atomic E-state index is 5.91. The molecule has 0 radical (unpaired) electrons. The minimum Gasteiger partial charge on any atom is -0.376 e. The molecule has 40 heavy (non-hydrogen) atoms. The second-order valence-electron chi connectivity index (χ2n) is 16.9. The highest BCUT2D eigenvalue weighted by molar-refractivity contribution is 5.80. The molecule has 222 valence electrons. The molecule has 0 N–H and O–H groups in total. The Balaban J connectivity index is 1.50. The van der Waals surface area contributed by atoms with Gasteiger partial charge in [0.2, 0.25) is 0 Å². The van der Waals surface area contributed by atoms with Crippen LogP contribution in [0, 0.1) is 17.3 Å². The van der Waals surface area contributed by atoms with E-state index in [1.54, 1.807) is 11.1 Å². The van der Waals surface area contributed by atoms with E-state index in [1.165, 1.54) is 73.6 Å². The summed E-state index contributed by atoms with van der Waals surface area (Å²) in [4.78, 5) is 0. The molecule has 0 heterocycles. The van der Waals surface area contributed by atoms with E-state index >= 15 is 0 Å². The van der Waals surface area contributed by atoms with Gasteiger partial charge in [-0.1, -0.05) is 124 Å². The Kier molecular flexibility index (Phi) is 9.08. The van der Waals surface area contributed by atoms with Gasteiger partial charge < -0.3 is 4.74 Å². The molecule has 2 aliphatic rings. The number of unbranched alkanes of at least 4 members (excludes halogenated alkanes) is 3. The van der Waals surface area contributed by atoms with Crippen molar-refractivity contribution in [3.63, 3.8) is 0 Å². The Morgan fingerprint density at radius 2 is 1.18 bits per heavy atom. The fourth-order valence-corrected chi connectivity index (χ4v) is 7.51. The van der Waals surface area contributed by atoms with E-state index < -0.39 is 0 Å². The van der Waals surface area contributed by atoms with Gasteiger partial charge in [-0.25, -0.2) is 0 Å². The highest BCUT2D eigenvalue weighted by atomic mass is 16.5. The third kappa shape index (κ3) is 7.06. The summed E-state index contributed by atoms with van der Waals surface area (Å²) in [6, 6.07) is 14.8. The quantitative estimate of drug-likeness (QED) is 0.285. The lowest BCUT2D eigenvalue weighted by Crippen LogP contribution is -2.30. The number of ether oxygens (including phenoxy) is 1. The van der Waals surface area contributed by atoms with Crippen molar-refractivity contribution in [2.75, 3.05) is 6.61 Å². The molecule has 2 unspecified atom stereocenters. The van der Waals surface area contributed by atoms with E-state index in [9.17, 15) is 0 Å². The van der Waals surface area contributed by atoms with Gasteiger partial charge in [-0.05, 0) is 101 Å². The van der Waals surface area contributed by atoms with Crippen LogP contribution in [0.5, 0.6) is 0 Å². The molecule has 1 fully saturated rings. The van der Waals surface area contributed by atoms with Gasteiger partial charge in [0.25, 0.3) is 0 Å². The van der Waals surface area contributed by atoms with Crippen LogP contribution in [0.3, 0.4) is 0 Å². The van der Waals surface area contributed by atoms with Crippen LogP contribution in [0.1, 0.15) is 156 Å². The van der Waals surface area contributed by atoms with Crippen LogP contribution in [0.4, 0.5) is 0 Å². The first-order valence-corrected chi connectivity index (χ1v) is 16.4. The lowest BCUT2D eigenvalue weighted by Gasteiger charge is -2.40. The van der Waals surface area contributed by atoms with Crippen LogP contribution in [0.25, 0.3) is 11.1 Å². The predicted molar refractivity (Wildman–Crippen MR) is 175 cm³/mol. The molecule has 4 rings (SSSR count). The number of hydrogen-bond donors (Lipinski definition) is 0. The first-order chi connectivity index (χ1) is 18.5. The zero-order chi connectivity index (χ0) is 29.5. The Hall–Kier alpha value is -1.60. The molecule has 0 bridgehead atoms. The summed E-state index contributed by atoms with van der Waals surface area (Å²) in [5.74, 6) is 2.14. The minimum atomic E-state index is -0.00532. The van der Waals surface area contributed by atoms with Crippen molar-refractivity contribution in [3.05, 3.63) is 58.7 Å². The van der Waals surface area contributed by atoms with E-state index in [-0.39, 0.29) is 21.8 Å². The maximum Gasteiger partial charge on any atom is 0.0598 e. The second kappa shape index (κ2) is 11.6. The van der Waals surface area contributed by atoms with Gasteiger partial charge in [-0.15, -0.1) is 0 Å². The number of hydrogen-bond acceptors (Lipinski definition) is 1. The highest BCUT2D eigenvalue weighted by Crippen LogP contribution is 2.59. The van der Waals surface area contributed by atoms with Crippen molar-refractivity contribution in [2.45, 2.75) is 150 Å². The molecule has 0 amide bonds. The Bertz CT molecular complexity index is 1080. The van der Waals surface area contributed by atoms with Gasteiger partial charge in [-0.3, -0.25) is 0 Å². The Labute approximate surface area is 247 Å². The molecule has 1 heteroatoms. The van der Waals surface area contributed by atoms with Crippen LogP contribution in [0.15, 0.2) is 36.4 Å². The van der Waals surface area contributed by atoms with Crippen LogP contribution in [0.2, 0.25) is 0 Å². The lowest BCUT2D eigenvalue weighted by atomic mass is 9.64. The molecule has 2 atom stereocenters. The fraction of sp³-hybridized carbons (Fsp3) is 0.692. The van der Waals surface area contributed by atoms with Crippen molar-refractivity contribution in [1.82, 2.24) is 0 Å². The van der Waals surface area contributed by atoms with Gasteiger partial charge in [0.15, 0.2) is 0 Å². The predicted octanol–water partition coefficient (Wildman–Crippen LogP) is 11.6. The number of rotatable bonds is 9. The molecule has 2 aromatic carbocycles. The normalized spacial score (nSPS) is 20.2. The Morgan fingerprint density at radius 1 is 0.650 bits per heavy atom. The van der Waals surface area contributed by atoms with Gasteiger partial charge in [-0.2, -0.15) is 0 Å². The fourth-order valence-electron chi connectivity index (χ4n) is 7.51. The summed E-state index contributed by atoms with van der Waals surface area (Å²) < 4.78 is 5.91. The standard InChI is InChI=1S/C39H60O/c1-36(2,3)28-19-21-31-32-22-20-29(37(4,5)6)26-34(32)35(33(31)25-28)39(10,11)30-18-17-27(24-30)16-14-12-13-15-23-40-38(7,8)9/h19-22,25-27,30,35H,12-18,23-24H2,1-11H3. The maximum atomic E-state index is 5.91. The van der Waals surface area contributed by atoms with Gasteiger partial charge in [0, 0.05) is 12.5 Å². The summed E-state index contributed by atoms with van der Waals surface area (Å²) in [7, 11) is 0. The van der Waals surface area contributed by atoms with E-state index in [2.05, 4.69) is 113 Å². The first-order valence-electron chi connectivity index (χ1n) is 16.4. The molecule has 0 aliphatic heterocycles. The van der Waals surface area contributed by atoms with Gasteiger partial charge >= 0.3 is 0 Å². The molecule has 0 saturated heterocycles. The number of fused-ring (bicyclic) bond motifs is 3. The summed E-state index contributed by atoms with van der Waals surface area (Å²) >= 11 is 0. The molecular weight excluding hydrogens is 484 g/mol. The zero-order valence-electron chi connectivity index (χ0n) is 28.0. The third-order valence-electron chi connectivity index (χ3n) is 10.1. The smallest absolute Gasteiger partial charge is 0.0598 e. The summed E-state index contributed by atoms with van der Waals surface area (Å²) in [6.07, 6.45) is 10.9. The molecule has 2 aromatic rings. The van der Waals surface area contributed by atoms with Crippen LogP contribution in [-0.2, 0) is 15.6 Å². The van der Waals surface area contributed by atoms with E-state index in [4.69, 9.17) is 4.74 Å². The van der Waals surface area contributed by atoms with Crippen molar-refractivity contribution in [2.24, 2.45) is 17.3 Å². The zero-order valence-corrected chi connectivity index (χ0v) is 28.0. The van der Waals surface area contributed by atoms with Crippen molar-refractivity contribution >= 4 is 0 Å². The second-order valence-corrected chi connectivity index (χ2v) is 16.9. The van der Waals surface area contributed by atoms with Crippen LogP contribution >= 0.6 is 0 Å². The lowest BCUT2D eigenvalue weighted by molar-refractivity contribution is -0.00476. The largest absolute Gasteiger partial charge is 0.376 e. The SMILES string of the molecule is CC(C)(C)OCCCCCCC1CCC(C(C)(C)C2c3cc(C(C)(C)C)ccc3-c3ccc(C(C)(C)C)cc32)C1. The van der Waals surface area contributed by atoms with E-state index in [1.807, 2.05) is 0 Å². The third-order valence-corrected chi connectivity index (χ3v) is 10.1. The monoisotopic (exact) mass is 544 g/mol. The molecule has 1 nitrogen and oxygen atoms in total. The summed E-state index contributed by atoms with van der Waals surface area (Å²) in [5.41, 5.74) is 9.59. The summed E-state index contributed by atoms with van der Waals surface area (Å²) in [5, 5.41) is 0. The highest BCUT2D eigenvalue weighted by Gasteiger charge is 2.46. The molecule has 1 saturated carbocycles. The average Bonchev–Trinajstić information content (AvgIpc) is 3.44. The van der Waals surface area contributed by atoms with Gasteiger partial charge in [0.1, 0.15) is 0 Å². The van der Waals surface area contributed by atoms with Gasteiger partial charge in [0.05, 0.1) is 5.60 Å². The van der Waals surface area contributed by atoms with E-state index in [0.717, 1.165) is 18.4 Å². The van der Waals surface area contributed by atoms with Crippen molar-refractivity contribution in [1.29, 1.82) is 0 Å². The first kappa shape index (κ1) is 31.3. The Morgan fingerprint density at radius 3 is 1.68 bits per heavy atom. The van der Waals surface area contributed by atoms with Crippen LogP contribution in [-0.4, -0.2) is 12.2 Å². The van der Waals surface area contributed by atoms with Crippen molar-refractivity contribution < 1.29 is 4.74 Å². The van der Waals surface area contributed by atoms with Crippen molar-refractivity contribution in [3.8, 4) is 11.1 Å². The molecule has 0 aromatic heterocycles.